The number of hydrogen-bond donors (Lipinski definition) is 2. The van der Waals surface area contributed by atoms with Crippen LogP contribution in [0.5, 0.6) is 0 Å². The molecule has 0 bridgehead atoms. The first-order chi connectivity index (χ1) is 8.81. The van der Waals surface area contributed by atoms with Gasteiger partial charge in [0.05, 0.1) is 6.54 Å². The van der Waals surface area contributed by atoms with Crippen molar-refractivity contribution in [1.82, 2.24) is 20.8 Å². The minimum Gasteiger partial charge on any atom is -0.353 e. The lowest BCUT2D eigenvalue weighted by Crippen LogP contribution is -2.42. The van der Waals surface area contributed by atoms with Crippen molar-refractivity contribution >= 4 is 11.7 Å². The van der Waals surface area contributed by atoms with Crippen molar-refractivity contribution in [2.75, 3.05) is 31.6 Å². The first kappa shape index (κ1) is 12.8. The zero-order chi connectivity index (χ0) is 12.8. The maximum Gasteiger partial charge on any atom is 0.234 e. The summed E-state index contributed by atoms with van der Waals surface area (Å²) in [5.41, 5.74) is 0. The minimum absolute atomic E-state index is 0.0310. The molecule has 0 radical (unpaired) electrons. The Morgan fingerprint density at radius 2 is 2.50 bits per heavy atom. The van der Waals surface area contributed by atoms with Gasteiger partial charge >= 0.3 is 0 Å². The van der Waals surface area contributed by atoms with Crippen LogP contribution in [-0.4, -0.2) is 48.8 Å². The molecule has 98 valence electrons. The van der Waals surface area contributed by atoms with Crippen LogP contribution in [0.4, 0.5) is 5.82 Å². The van der Waals surface area contributed by atoms with E-state index in [9.17, 15) is 4.79 Å². The number of likely N-dealkylation sites (N-methyl/N-ethyl adjacent to an activating group) is 1. The van der Waals surface area contributed by atoms with E-state index in [4.69, 9.17) is 0 Å². The van der Waals surface area contributed by atoms with Gasteiger partial charge in [-0.25, -0.2) is 0 Å². The van der Waals surface area contributed by atoms with E-state index in [1.807, 2.05) is 12.1 Å². The SMILES string of the molecule is CNCC(=O)NCC1CCCN1c1cccnn1. The predicted molar refractivity (Wildman–Crippen MR) is 69.3 cm³/mol. The number of rotatable bonds is 5. The molecule has 1 aromatic heterocycles. The molecular weight excluding hydrogens is 230 g/mol. The molecule has 1 saturated heterocycles. The first-order valence-electron chi connectivity index (χ1n) is 6.27. The molecule has 1 aliphatic heterocycles. The lowest BCUT2D eigenvalue weighted by Gasteiger charge is -2.25. The summed E-state index contributed by atoms with van der Waals surface area (Å²) in [5, 5.41) is 13.8. The standard InChI is InChI=1S/C12H19N5O/c1-13-9-12(18)14-8-10-4-3-7-17(10)11-5-2-6-15-16-11/h2,5-6,10,13H,3-4,7-9H2,1H3,(H,14,18). The van der Waals surface area contributed by atoms with Gasteiger partial charge in [-0.15, -0.1) is 5.10 Å². The van der Waals surface area contributed by atoms with E-state index in [2.05, 4.69) is 25.7 Å². The maximum atomic E-state index is 11.4. The largest absolute Gasteiger partial charge is 0.353 e. The molecule has 6 nitrogen and oxygen atoms in total. The Morgan fingerprint density at radius 1 is 1.61 bits per heavy atom. The summed E-state index contributed by atoms with van der Waals surface area (Å²) in [4.78, 5) is 13.6. The van der Waals surface area contributed by atoms with Gasteiger partial charge in [-0.3, -0.25) is 4.79 Å². The molecular formula is C12H19N5O. The molecule has 0 aliphatic carbocycles. The summed E-state index contributed by atoms with van der Waals surface area (Å²) in [6.45, 7) is 2.00. The van der Waals surface area contributed by atoms with Crippen molar-refractivity contribution in [1.29, 1.82) is 0 Å². The van der Waals surface area contributed by atoms with Gasteiger partial charge in [0.1, 0.15) is 0 Å². The number of carbonyl (C=O) groups excluding carboxylic acids is 1. The minimum atomic E-state index is 0.0310. The van der Waals surface area contributed by atoms with E-state index in [0.717, 1.165) is 25.2 Å². The number of hydrogen-bond acceptors (Lipinski definition) is 5. The predicted octanol–water partition coefficient (Wildman–Crippen LogP) is -0.219. The molecule has 1 fully saturated rings. The molecule has 1 amide bonds. The Hall–Kier alpha value is -1.69. The van der Waals surface area contributed by atoms with Crippen LogP contribution in [0.25, 0.3) is 0 Å². The van der Waals surface area contributed by atoms with E-state index < -0.39 is 0 Å². The van der Waals surface area contributed by atoms with Gasteiger partial charge in [0.2, 0.25) is 5.91 Å². The zero-order valence-corrected chi connectivity index (χ0v) is 10.6. The molecule has 18 heavy (non-hydrogen) atoms. The Bertz CT molecular complexity index is 383. The molecule has 0 aromatic carbocycles. The number of aromatic nitrogens is 2. The lowest BCUT2D eigenvalue weighted by atomic mass is 10.2. The van der Waals surface area contributed by atoms with Crippen molar-refractivity contribution in [2.24, 2.45) is 0 Å². The van der Waals surface area contributed by atoms with Crippen LogP contribution in [0.3, 0.4) is 0 Å². The number of nitrogens with zero attached hydrogens (tertiary/aromatic N) is 3. The van der Waals surface area contributed by atoms with Crippen molar-refractivity contribution < 1.29 is 4.79 Å². The highest BCUT2D eigenvalue weighted by Crippen LogP contribution is 2.22. The Labute approximate surface area is 107 Å². The average molecular weight is 249 g/mol. The van der Waals surface area contributed by atoms with E-state index in [0.29, 0.717) is 19.1 Å². The Morgan fingerprint density at radius 3 is 3.22 bits per heavy atom. The number of amides is 1. The van der Waals surface area contributed by atoms with E-state index in [-0.39, 0.29) is 5.91 Å². The number of anilines is 1. The highest BCUT2D eigenvalue weighted by atomic mass is 16.1. The van der Waals surface area contributed by atoms with Crippen LogP contribution in [0.1, 0.15) is 12.8 Å². The maximum absolute atomic E-state index is 11.4. The molecule has 2 rings (SSSR count). The molecule has 2 heterocycles. The third-order valence-electron chi connectivity index (χ3n) is 3.10. The second-order valence-electron chi connectivity index (χ2n) is 4.41. The zero-order valence-electron chi connectivity index (χ0n) is 10.6. The number of carbonyl (C=O) groups is 1. The second-order valence-corrected chi connectivity index (χ2v) is 4.41. The van der Waals surface area contributed by atoms with Crippen LogP contribution in [0.2, 0.25) is 0 Å². The molecule has 2 N–H and O–H groups in total. The van der Waals surface area contributed by atoms with Crippen LogP contribution in [-0.2, 0) is 4.79 Å². The molecule has 1 aromatic rings. The number of nitrogens with one attached hydrogen (secondary N) is 2. The second kappa shape index (κ2) is 6.30. The topological polar surface area (TPSA) is 70.2 Å². The van der Waals surface area contributed by atoms with Gasteiger partial charge in [0.15, 0.2) is 5.82 Å². The van der Waals surface area contributed by atoms with Crippen LogP contribution in [0, 0.1) is 0 Å². The van der Waals surface area contributed by atoms with Gasteiger partial charge in [-0.2, -0.15) is 5.10 Å². The normalized spacial score (nSPS) is 18.9. The van der Waals surface area contributed by atoms with Crippen molar-refractivity contribution in [3.05, 3.63) is 18.3 Å². The van der Waals surface area contributed by atoms with Crippen LogP contribution in [0.15, 0.2) is 18.3 Å². The summed E-state index contributed by atoms with van der Waals surface area (Å²) in [6, 6.07) is 4.17. The van der Waals surface area contributed by atoms with Crippen LogP contribution < -0.4 is 15.5 Å². The molecule has 6 heteroatoms. The monoisotopic (exact) mass is 249 g/mol. The fourth-order valence-corrected chi connectivity index (χ4v) is 2.25. The van der Waals surface area contributed by atoms with Gasteiger partial charge < -0.3 is 15.5 Å². The van der Waals surface area contributed by atoms with E-state index in [1.54, 1.807) is 13.2 Å². The molecule has 1 atom stereocenters. The molecule has 0 spiro atoms. The third-order valence-corrected chi connectivity index (χ3v) is 3.10. The molecule has 1 aliphatic rings. The Balaban J connectivity index is 1.90. The van der Waals surface area contributed by atoms with Gasteiger partial charge in [0.25, 0.3) is 0 Å². The van der Waals surface area contributed by atoms with E-state index >= 15 is 0 Å². The average Bonchev–Trinajstić information content (AvgIpc) is 2.86. The van der Waals surface area contributed by atoms with Crippen molar-refractivity contribution in [3.8, 4) is 0 Å². The summed E-state index contributed by atoms with van der Waals surface area (Å²) in [6.07, 6.45) is 3.88. The van der Waals surface area contributed by atoms with Crippen molar-refractivity contribution in [3.63, 3.8) is 0 Å². The van der Waals surface area contributed by atoms with Gasteiger partial charge in [0, 0.05) is 25.3 Å². The van der Waals surface area contributed by atoms with Gasteiger partial charge in [-0.1, -0.05) is 0 Å². The third kappa shape index (κ3) is 3.16. The molecule has 0 saturated carbocycles. The molecule has 1 unspecified atom stereocenters. The first-order valence-corrected chi connectivity index (χ1v) is 6.27. The van der Waals surface area contributed by atoms with E-state index in [1.165, 1.54) is 0 Å². The summed E-state index contributed by atoms with van der Waals surface area (Å²) >= 11 is 0. The summed E-state index contributed by atoms with van der Waals surface area (Å²) < 4.78 is 0. The van der Waals surface area contributed by atoms with Crippen LogP contribution >= 0.6 is 0 Å². The lowest BCUT2D eigenvalue weighted by molar-refractivity contribution is -0.120. The highest BCUT2D eigenvalue weighted by Gasteiger charge is 2.25. The Kier molecular flexibility index (Phi) is 4.46. The summed E-state index contributed by atoms with van der Waals surface area (Å²) in [5.74, 6) is 0.923. The smallest absolute Gasteiger partial charge is 0.234 e. The quantitative estimate of drug-likeness (QED) is 0.755. The highest BCUT2D eigenvalue weighted by molar-refractivity contribution is 5.78. The van der Waals surface area contributed by atoms with Gasteiger partial charge in [-0.05, 0) is 32.0 Å². The fourth-order valence-electron chi connectivity index (χ4n) is 2.25. The summed E-state index contributed by atoms with van der Waals surface area (Å²) in [7, 11) is 1.76. The fraction of sp³-hybridized carbons (Fsp3) is 0.583. The van der Waals surface area contributed by atoms with Crippen molar-refractivity contribution in [2.45, 2.75) is 18.9 Å².